The Labute approximate surface area is 329 Å². The highest BCUT2D eigenvalue weighted by molar-refractivity contribution is 5.96. The number of aryl methyl sites for hydroxylation is 2. The van der Waals surface area contributed by atoms with E-state index in [9.17, 15) is 0 Å². The lowest BCUT2D eigenvalue weighted by atomic mass is 9.85. The average molecular weight is 717 g/mol. The number of pyridine rings is 2. The molecule has 0 spiro atoms. The van der Waals surface area contributed by atoms with Gasteiger partial charge >= 0.3 is 0 Å². The first kappa shape index (κ1) is 34.6. The van der Waals surface area contributed by atoms with Crippen LogP contribution in [0.5, 0.6) is 0 Å². The van der Waals surface area contributed by atoms with Crippen molar-refractivity contribution < 1.29 is 0 Å². The molecule has 0 amide bonds. The van der Waals surface area contributed by atoms with Gasteiger partial charge < -0.3 is 0 Å². The molecule has 7 aromatic carbocycles. The Hall–Kier alpha value is -7.16. The second-order valence-corrected chi connectivity index (χ2v) is 14.3. The minimum absolute atomic E-state index is 0.917. The Morgan fingerprint density at radius 2 is 0.536 bits per heavy atom. The van der Waals surface area contributed by atoms with E-state index < -0.39 is 0 Å². The summed E-state index contributed by atoms with van der Waals surface area (Å²) in [5.41, 5.74) is 19.5. The van der Waals surface area contributed by atoms with E-state index in [1.807, 2.05) is 0 Å². The summed E-state index contributed by atoms with van der Waals surface area (Å²) in [5.74, 6) is 0. The van der Waals surface area contributed by atoms with Gasteiger partial charge in [-0.3, -0.25) is 0 Å². The fourth-order valence-electron chi connectivity index (χ4n) is 7.66. The zero-order valence-electron chi connectivity index (χ0n) is 31.5. The molecule has 0 aliphatic carbocycles. The van der Waals surface area contributed by atoms with Crippen molar-refractivity contribution in [2.24, 2.45) is 0 Å². The van der Waals surface area contributed by atoms with Crippen LogP contribution in [0.3, 0.4) is 0 Å². The third-order valence-electron chi connectivity index (χ3n) is 10.6. The smallest absolute Gasteiger partial charge is 0.0722 e. The van der Waals surface area contributed by atoms with Crippen LogP contribution in [-0.4, -0.2) is 9.97 Å². The third-order valence-corrected chi connectivity index (χ3v) is 10.6. The lowest BCUT2D eigenvalue weighted by molar-refractivity contribution is 1.31. The molecule has 0 aliphatic heterocycles. The fraction of sp³-hybridized carbons (Fsp3) is 0.0370. The summed E-state index contributed by atoms with van der Waals surface area (Å²) in [6.45, 7) is 4.39. The van der Waals surface area contributed by atoms with Crippen LogP contribution in [0.25, 0.3) is 89.5 Å². The lowest BCUT2D eigenvalue weighted by Crippen LogP contribution is -1.99. The van der Waals surface area contributed by atoms with Crippen molar-refractivity contribution in [3.63, 3.8) is 0 Å². The van der Waals surface area contributed by atoms with E-state index in [4.69, 9.17) is 9.97 Å². The van der Waals surface area contributed by atoms with Gasteiger partial charge in [-0.05, 0) is 106 Å². The summed E-state index contributed by atoms with van der Waals surface area (Å²) >= 11 is 0. The number of hydrogen-bond acceptors (Lipinski definition) is 2. The van der Waals surface area contributed by atoms with Crippen molar-refractivity contribution in [2.45, 2.75) is 13.8 Å². The predicted octanol–water partition coefficient (Wildman–Crippen LogP) is 14.4. The fourth-order valence-corrected chi connectivity index (χ4v) is 7.66. The summed E-state index contributed by atoms with van der Waals surface area (Å²) in [5, 5.41) is 0. The number of nitrogens with zero attached hydrogens (tertiary/aromatic N) is 2. The molecule has 266 valence electrons. The average Bonchev–Trinajstić information content (AvgIpc) is 3.27. The first-order valence-corrected chi connectivity index (χ1v) is 19.2. The number of aromatic nitrogens is 2. The van der Waals surface area contributed by atoms with Crippen molar-refractivity contribution in [1.29, 1.82) is 0 Å². The second kappa shape index (κ2) is 15.3. The molecule has 2 heteroatoms. The first-order valence-electron chi connectivity index (χ1n) is 19.2. The van der Waals surface area contributed by atoms with Crippen molar-refractivity contribution in [3.05, 3.63) is 217 Å². The van der Waals surface area contributed by atoms with Crippen LogP contribution in [0.1, 0.15) is 11.1 Å². The molecule has 2 aromatic heterocycles. The van der Waals surface area contributed by atoms with Crippen molar-refractivity contribution in [1.82, 2.24) is 9.97 Å². The van der Waals surface area contributed by atoms with E-state index in [-0.39, 0.29) is 0 Å². The van der Waals surface area contributed by atoms with Gasteiger partial charge in [-0.2, -0.15) is 0 Å². The summed E-state index contributed by atoms with van der Waals surface area (Å²) in [6.07, 6.45) is 0. The molecule has 2 nitrogen and oxygen atoms in total. The molecule has 9 rings (SSSR count). The third kappa shape index (κ3) is 6.97. The van der Waals surface area contributed by atoms with E-state index in [0.29, 0.717) is 0 Å². The molecular weight excluding hydrogens is 677 g/mol. The van der Waals surface area contributed by atoms with Crippen molar-refractivity contribution >= 4 is 0 Å². The summed E-state index contributed by atoms with van der Waals surface area (Å²) < 4.78 is 0. The lowest BCUT2D eigenvalue weighted by Gasteiger charge is -2.21. The maximum Gasteiger partial charge on any atom is 0.0722 e. The van der Waals surface area contributed by atoms with E-state index in [0.717, 1.165) is 89.5 Å². The maximum absolute atomic E-state index is 5.47. The second-order valence-electron chi connectivity index (χ2n) is 14.3. The van der Waals surface area contributed by atoms with Crippen LogP contribution in [-0.2, 0) is 0 Å². The Kier molecular flexibility index (Phi) is 9.45. The van der Waals surface area contributed by atoms with Crippen molar-refractivity contribution in [2.75, 3.05) is 0 Å². The SMILES string of the molecule is Cc1ccccc1-c1cc(-c2cc(-c3ccccc3)cc(-c3ccccc3)n2)c(-c2ccccc2C)cc1-c1cc(-c2ccccc2)cc(-c2ccccc2)n1. The van der Waals surface area contributed by atoms with Gasteiger partial charge in [0.15, 0.2) is 0 Å². The molecular formula is C54H40N2. The molecule has 2 heterocycles. The molecule has 0 fully saturated rings. The molecule has 56 heavy (non-hydrogen) atoms. The van der Waals surface area contributed by atoms with Gasteiger partial charge in [0, 0.05) is 22.3 Å². The van der Waals surface area contributed by atoms with E-state index >= 15 is 0 Å². The predicted molar refractivity (Wildman–Crippen MR) is 235 cm³/mol. The van der Waals surface area contributed by atoms with Crippen LogP contribution in [0.2, 0.25) is 0 Å². The standard InChI is InChI=1S/C54H40N2/c1-37-19-15-17-29-45(37)47-35-50(54-34-44(40-23-9-4-10-24-40)32-52(56-54)42-27-13-6-14-28-42)48(46-30-18-16-20-38(46)2)36-49(47)53-33-43(39-21-7-3-8-22-39)31-51(55-53)41-25-11-5-12-26-41/h3-36H,1-2H3. The number of benzene rings is 7. The minimum Gasteiger partial charge on any atom is -0.248 e. The van der Waals surface area contributed by atoms with E-state index in [2.05, 4.69) is 220 Å². The van der Waals surface area contributed by atoms with Gasteiger partial charge in [-0.25, -0.2) is 9.97 Å². The summed E-state index contributed by atoms with van der Waals surface area (Å²) in [4.78, 5) is 10.9. The van der Waals surface area contributed by atoms with Gasteiger partial charge in [0.2, 0.25) is 0 Å². The first-order chi connectivity index (χ1) is 27.6. The molecule has 0 bridgehead atoms. The van der Waals surface area contributed by atoms with Gasteiger partial charge in [0.1, 0.15) is 0 Å². The minimum atomic E-state index is 0.917. The van der Waals surface area contributed by atoms with Crippen molar-refractivity contribution in [3.8, 4) is 89.5 Å². The molecule has 0 saturated carbocycles. The topological polar surface area (TPSA) is 25.8 Å². The molecule has 0 unspecified atom stereocenters. The normalized spacial score (nSPS) is 11.0. The van der Waals surface area contributed by atoms with Crippen LogP contribution in [0, 0.1) is 13.8 Å². The maximum atomic E-state index is 5.47. The van der Waals surface area contributed by atoms with Gasteiger partial charge in [0.25, 0.3) is 0 Å². The Balaban J connectivity index is 1.38. The highest BCUT2D eigenvalue weighted by Gasteiger charge is 2.21. The monoisotopic (exact) mass is 716 g/mol. The molecule has 0 saturated heterocycles. The highest BCUT2D eigenvalue weighted by atomic mass is 14.7. The molecule has 0 aliphatic rings. The molecule has 9 aromatic rings. The van der Waals surface area contributed by atoms with Crippen LogP contribution in [0.4, 0.5) is 0 Å². The summed E-state index contributed by atoms with van der Waals surface area (Å²) in [6, 6.07) is 73.2. The van der Waals surface area contributed by atoms with Gasteiger partial charge in [-0.1, -0.05) is 170 Å². The zero-order chi connectivity index (χ0) is 37.8. The molecule has 0 atom stereocenters. The largest absolute Gasteiger partial charge is 0.248 e. The van der Waals surface area contributed by atoms with Crippen LogP contribution < -0.4 is 0 Å². The Morgan fingerprint density at radius 3 is 0.893 bits per heavy atom. The quantitative estimate of drug-likeness (QED) is 0.156. The van der Waals surface area contributed by atoms with Crippen LogP contribution >= 0.6 is 0 Å². The molecule has 0 radical (unpaired) electrons. The van der Waals surface area contributed by atoms with Gasteiger partial charge in [-0.15, -0.1) is 0 Å². The van der Waals surface area contributed by atoms with Gasteiger partial charge in [0.05, 0.1) is 22.8 Å². The highest BCUT2D eigenvalue weighted by Crippen LogP contribution is 2.45. The van der Waals surface area contributed by atoms with E-state index in [1.165, 1.54) is 11.1 Å². The number of rotatable bonds is 8. The van der Waals surface area contributed by atoms with Crippen LogP contribution in [0.15, 0.2) is 206 Å². The zero-order valence-corrected chi connectivity index (χ0v) is 31.5. The Morgan fingerprint density at radius 1 is 0.232 bits per heavy atom. The Bertz CT molecular complexity index is 2480. The molecule has 0 N–H and O–H groups in total. The number of hydrogen-bond donors (Lipinski definition) is 0. The van der Waals surface area contributed by atoms with E-state index in [1.54, 1.807) is 0 Å². The summed E-state index contributed by atoms with van der Waals surface area (Å²) in [7, 11) is 0.